The zero-order valence-corrected chi connectivity index (χ0v) is 11.0. The molecule has 1 fully saturated rings. The van der Waals surface area contributed by atoms with Crippen LogP contribution in [-0.2, 0) is 11.3 Å². The lowest BCUT2D eigenvalue weighted by Crippen LogP contribution is -2.42. The molecule has 0 saturated carbocycles. The minimum absolute atomic E-state index is 0.0958. The van der Waals surface area contributed by atoms with Gasteiger partial charge >= 0.3 is 12.1 Å². The SMILES string of the molecule is CC1(C(=O)O)CN(Cc2ccccc2)CC1C(F)(F)F. The number of alkyl halides is 3. The predicted octanol–water partition coefficient (Wildman–Crippen LogP) is 2.77. The number of hydrogen-bond acceptors (Lipinski definition) is 2. The first-order valence-corrected chi connectivity index (χ1v) is 6.30. The standard InChI is InChI=1S/C14H16F3NO2/c1-13(12(19)20)9-18(8-11(13)14(15,16)17)7-10-5-3-2-4-6-10/h2-6,11H,7-9H2,1H3,(H,19,20). The molecule has 1 aromatic carbocycles. The summed E-state index contributed by atoms with van der Waals surface area (Å²) in [7, 11) is 0. The Bertz CT molecular complexity index is 489. The summed E-state index contributed by atoms with van der Waals surface area (Å²) in [5, 5.41) is 9.16. The second-order valence-electron chi connectivity index (χ2n) is 5.47. The Morgan fingerprint density at radius 3 is 2.45 bits per heavy atom. The van der Waals surface area contributed by atoms with E-state index in [0.29, 0.717) is 6.54 Å². The Morgan fingerprint density at radius 2 is 2.00 bits per heavy atom. The Morgan fingerprint density at radius 1 is 1.40 bits per heavy atom. The van der Waals surface area contributed by atoms with Gasteiger partial charge in [-0.25, -0.2) is 0 Å². The summed E-state index contributed by atoms with van der Waals surface area (Å²) in [6, 6.07) is 9.08. The lowest BCUT2D eigenvalue weighted by Gasteiger charge is -2.27. The van der Waals surface area contributed by atoms with E-state index in [1.54, 1.807) is 4.90 Å². The molecular formula is C14H16F3NO2. The molecule has 2 rings (SSSR count). The van der Waals surface area contributed by atoms with Crippen molar-refractivity contribution in [2.75, 3.05) is 13.1 Å². The van der Waals surface area contributed by atoms with Gasteiger partial charge in [0.1, 0.15) is 0 Å². The minimum Gasteiger partial charge on any atom is -0.481 e. The fourth-order valence-corrected chi connectivity index (χ4v) is 2.74. The quantitative estimate of drug-likeness (QED) is 0.929. The van der Waals surface area contributed by atoms with Gasteiger partial charge in [-0.1, -0.05) is 30.3 Å². The van der Waals surface area contributed by atoms with Gasteiger partial charge in [0.15, 0.2) is 0 Å². The summed E-state index contributed by atoms with van der Waals surface area (Å²) in [5.41, 5.74) is -0.907. The number of hydrogen-bond donors (Lipinski definition) is 1. The van der Waals surface area contributed by atoms with Crippen LogP contribution in [0.1, 0.15) is 12.5 Å². The smallest absolute Gasteiger partial charge is 0.394 e. The third-order valence-corrected chi connectivity index (χ3v) is 3.89. The molecular weight excluding hydrogens is 271 g/mol. The van der Waals surface area contributed by atoms with Gasteiger partial charge in [0.2, 0.25) is 0 Å². The van der Waals surface area contributed by atoms with Gasteiger partial charge in [0, 0.05) is 19.6 Å². The largest absolute Gasteiger partial charge is 0.481 e. The molecule has 0 amide bonds. The molecule has 0 radical (unpaired) electrons. The summed E-state index contributed by atoms with van der Waals surface area (Å²) in [4.78, 5) is 12.8. The van der Waals surface area contributed by atoms with Crippen LogP contribution in [-0.4, -0.2) is 35.2 Å². The zero-order valence-electron chi connectivity index (χ0n) is 11.0. The molecule has 0 aliphatic carbocycles. The average Bonchev–Trinajstić information content (AvgIpc) is 2.69. The second-order valence-corrected chi connectivity index (χ2v) is 5.47. The molecule has 1 aliphatic rings. The summed E-state index contributed by atoms with van der Waals surface area (Å²) >= 11 is 0. The summed E-state index contributed by atoms with van der Waals surface area (Å²) in [6.07, 6.45) is -4.50. The van der Waals surface area contributed by atoms with E-state index in [4.69, 9.17) is 5.11 Å². The van der Waals surface area contributed by atoms with E-state index in [1.165, 1.54) is 6.92 Å². The first-order valence-electron chi connectivity index (χ1n) is 6.30. The zero-order chi connectivity index (χ0) is 15.0. The van der Waals surface area contributed by atoms with E-state index < -0.39 is 23.5 Å². The van der Waals surface area contributed by atoms with Crippen LogP contribution in [0.15, 0.2) is 30.3 Å². The van der Waals surface area contributed by atoms with Gasteiger partial charge in [-0.2, -0.15) is 13.2 Å². The Labute approximate surface area is 115 Å². The van der Waals surface area contributed by atoms with Crippen molar-refractivity contribution < 1.29 is 23.1 Å². The molecule has 110 valence electrons. The molecule has 2 unspecified atom stereocenters. The van der Waals surface area contributed by atoms with Crippen LogP contribution in [0.5, 0.6) is 0 Å². The number of nitrogens with zero attached hydrogens (tertiary/aromatic N) is 1. The molecule has 0 spiro atoms. The van der Waals surface area contributed by atoms with E-state index >= 15 is 0 Å². The fourth-order valence-electron chi connectivity index (χ4n) is 2.74. The Balaban J connectivity index is 2.18. The maximum atomic E-state index is 13.0. The molecule has 1 saturated heterocycles. The van der Waals surface area contributed by atoms with E-state index in [1.807, 2.05) is 30.3 Å². The number of likely N-dealkylation sites (tertiary alicyclic amines) is 1. The van der Waals surface area contributed by atoms with Crippen LogP contribution >= 0.6 is 0 Å². The van der Waals surface area contributed by atoms with E-state index in [0.717, 1.165) is 5.56 Å². The van der Waals surface area contributed by atoms with Crippen molar-refractivity contribution in [2.45, 2.75) is 19.6 Å². The maximum absolute atomic E-state index is 13.0. The highest BCUT2D eigenvalue weighted by Gasteiger charge is 2.59. The van der Waals surface area contributed by atoms with Crippen LogP contribution in [0.25, 0.3) is 0 Å². The first-order chi connectivity index (χ1) is 9.23. The Kier molecular flexibility index (Phi) is 3.77. The molecule has 1 aliphatic heterocycles. The van der Waals surface area contributed by atoms with Crippen molar-refractivity contribution in [3.05, 3.63) is 35.9 Å². The van der Waals surface area contributed by atoms with E-state index in [-0.39, 0.29) is 13.1 Å². The first kappa shape index (κ1) is 14.8. The van der Waals surface area contributed by atoms with Gasteiger partial charge in [0.25, 0.3) is 0 Å². The Hall–Kier alpha value is -1.56. The lowest BCUT2D eigenvalue weighted by molar-refractivity contribution is -0.202. The van der Waals surface area contributed by atoms with Crippen LogP contribution < -0.4 is 0 Å². The summed E-state index contributed by atoms with van der Waals surface area (Å²) in [5.74, 6) is -3.23. The second kappa shape index (κ2) is 5.09. The summed E-state index contributed by atoms with van der Waals surface area (Å²) < 4.78 is 39.1. The number of aliphatic carboxylic acids is 1. The minimum atomic E-state index is -4.50. The number of halogens is 3. The number of rotatable bonds is 3. The van der Waals surface area contributed by atoms with Gasteiger partial charge in [-0.05, 0) is 12.5 Å². The third-order valence-electron chi connectivity index (χ3n) is 3.89. The molecule has 1 aromatic rings. The van der Waals surface area contributed by atoms with Crippen molar-refractivity contribution in [3.63, 3.8) is 0 Å². The average molecular weight is 287 g/mol. The molecule has 20 heavy (non-hydrogen) atoms. The molecule has 1 heterocycles. The van der Waals surface area contributed by atoms with Gasteiger partial charge < -0.3 is 5.11 Å². The van der Waals surface area contributed by atoms with Crippen LogP contribution in [0.3, 0.4) is 0 Å². The van der Waals surface area contributed by atoms with Crippen molar-refractivity contribution in [3.8, 4) is 0 Å². The van der Waals surface area contributed by atoms with Crippen molar-refractivity contribution in [2.24, 2.45) is 11.3 Å². The van der Waals surface area contributed by atoms with Crippen LogP contribution in [0.2, 0.25) is 0 Å². The third kappa shape index (κ3) is 2.80. The van der Waals surface area contributed by atoms with Gasteiger partial charge in [0.05, 0.1) is 11.3 Å². The highest BCUT2D eigenvalue weighted by atomic mass is 19.4. The van der Waals surface area contributed by atoms with Crippen molar-refractivity contribution in [1.29, 1.82) is 0 Å². The van der Waals surface area contributed by atoms with E-state index in [9.17, 15) is 18.0 Å². The topological polar surface area (TPSA) is 40.5 Å². The molecule has 0 aromatic heterocycles. The van der Waals surface area contributed by atoms with Crippen molar-refractivity contribution >= 4 is 5.97 Å². The monoisotopic (exact) mass is 287 g/mol. The molecule has 1 N–H and O–H groups in total. The molecule has 0 bridgehead atoms. The van der Waals surface area contributed by atoms with Crippen LogP contribution in [0, 0.1) is 11.3 Å². The molecule has 6 heteroatoms. The number of benzene rings is 1. The maximum Gasteiger partial charge on any atom is 0.394 e. The van der Waals surface area contributed by atoms with Crippen molar-refractivity contribution in [1.82, 2.24) is 4.90 Å². The number of carboxylic acid groups (broad SMARTS) is 1. The van der Waals surface area contributed by atoms with Gasteiger partial charge in [-0.15, -0.1) is 0 Å². The lowest BCUT2D eigenvalue weighted by atomic mass is 9.79. The molecule has 3 nitrogen and oxygen atoms in total. The molecule has 2 atom stereocenters. The van der Waals surface area contributed by atoms with E-state index in [2.05, 4.69) is 0 Å². The number of carbonyl (C=O) groups is 1. The fraction of sp³-hybridized carbons (Fsp3) is 0.500. The normalized spacial score (nSPS) is 27.7. The predicted molar refractivity (Wildman–Crippen MR) is 67.0 cm³/mol. The van der Waals surface area contributed by atoms with Gasteiger partial charge in [-0.3, -0.25) is 9.69 Å². The number of carboxylic acids is 1. The highest BCUT2D eigenvalue weighted by Crippen LogP contribution is 2.45. The van der Waals surface area contributed by atoms with Crippen LogP contribution in [0.4, 0.5) is 13.2 Å². The summed E-state index contributed by atoms with van der Waals surface area (Å²) in [6.45, 7) is 1.14. The highest BCUT2D eigenvalue weighted by molar-refractivity contribution is 5.75.